The van der Waals surface area contributed by atoms with Crippen molar-refractivity contribution in [1.82, 2.24) is 14.5 Å². The molecule has 31 heavy (non-hydrogen) atoms. The Morgan fingerprint density at radius 3 is 2.35 bits per heavy atom. The molecule has 0 unspecified atom stereocenters. The zero-order valence-corrected chi connectivity index (χ0v) is 18.7. The maximum Gasteiger partial charge on any atom is 0.418 e. The lowest BCUT2D eigenvalue weighted by molar-refractivity contribution is -0.137. The molecule has 0 spiro atoms. The number of halogens is 3. The van der Waals surface area contributed by atoms with Gasteiger partial charge in [0.15, 0.2) is 0 Å². The molecule has 172 valence electrons. The molecule has 0 radical (unpaired) electrons. The highest BCUT2D eigenvalue weighted by Gasteiger charge is 2.35. The average Bonchev–Trinajstić information content (AvgIpc) is 3.20. The van der Waals surface area contributed by atoms with E-state index in [1.165, 1.54) is 29.2 Å². The van der Waals surface area contributed by atoms with Crippen LogP contribution in [0.5, 0.6) is 0 Å². The second-order valence-electron chi connectivity index (χ2n) is 9.01. The monoisotopic (exact) mass is 458 g/mol. The number of hydrogen-bond acceptors (Lipinski definition) is 4. The van der Waals surface area contributed by atoms with Crippen molar-refractivity contribution in [3.63, 3.8) is 0 Å². The molecule has 1 aromatic carbocycles. The molecule has 0 saturated heterocycles. The van der Waals surface area contributed by atoms with Crippen LogP contribution in [0, 0.1) is 5.92 Å². The topological polar surface area (TPSA) is 76.0 Å². The molecule has 0 atom stereocenters. The SMILES string of the molecule is CC(C)(C)S(=O)(=O)N[C@H]1CC[C@H](CNc2ccc(C(F)(F)F)c(-n3cccn3)c2)CC1. The fourth-order valence-electron chi connectivity index (χ4n) is 3.62. The zero-order chi connectivity index (χ0) is 22.9. The first-order valence-corrected chi connectivity index (χ1v) is 11.8. The highest BCUT2D eigenvalue weighted by Crippen LogP contribution is 2.35. The highest BCUT2D eigenvalue weighted by molar-refractivity contribution is 7.90. The van der Waals surface area contributed by atoms with Crippen LogP contribution in [0.25, 0.3) is 5.69 Å². The van der Waals surface area contributed by atoms with E-state index in [1.807, 2.05) is 0 Å². The minimum absolute atomic E-state index is 0.0252. The van der Waals surface area contributed by atoms with E-state index in [9.17, 15) is 21.6 Å². The van der Waals surface area contributed by atoms with Crippen molar-refractivity contribution in [2.75, 3.05) is 11.9 Å². The molecule has 10 heteroatoms. The second kappa shape index (κ2) is 8.82. The molecular weight excluding hydrogens is 429 g/mol. The Labute approximate surface area is 181 Å². The lowest BCUT2D eigenvalue weighted by Gasteiger charge is -2.31. The third-order valence-corrected chi connectivity index (χ3v) is 7.88. The van der Waals surface area contributed by atoms with Gasteiger partial charge < -0.3 is 5.32 Å². The van der Waals surface area contributed by atoms with Crippen LogP contribution in [-0.4, -0.2) is 35.5 Å². The molecule has 1 aliphatic rings. The largest absolute Gasteiger partial charge is 0.418 e. The fourth-order valence-corrected chi connectivity index (χ4v) is 4.65. The van der Waals surface area contributed by atoms with Crippen LogP contribution in [0.3, 0.4) is 0 Å². The highest BCUT2D eigenvalue weighted by atomic mass is 32.2. The quantitative estimate of drug-likeness (QED) is 0.665. The van der Waals surface area contributed by atoms with Crippen LogP contribution in [0.4, 0.5) is 18.9 Å². The van der Waals surface area contributed by atoms with Gasteiger partial charge in [-0.05, 0) is 76.6 Å². The van der Waals surface area contributed by atoms with Crippen LogP contribution < -0.4 is 10.0 Å². The summed E-state index contributed by atoms with van der Waals surface area (Å²) in [5.74, 6) is 0.325. The summed E-state index contributed by atoms with van der Waals surface area (Å²) in [5, 5.41) is 7.17. The Morgan fingerprint density at radius 2 is 1.81 bits per heavy atom. The van der Waals surface area contributed by atoms with Gasteiger partial charge in [0.2, 0.25) is 10.0 Å². The van der Waals surface area contributed by atoms with Crippen LogP contribution in [0.2, 0.25) is 0 Å². The van der Waals surface area contributed by atoms with Gasteiger partial charge in [-0.2, -0.15) is 18.3 Å². The molecule has 1 aromatic heterocycles. The summed E-state index contributed by atoms with van der Waals surface area (Å²) in [6.45, 7) is 5.63. The standard InChI is InChI=1S/C21H29F3N4O2S/c1-20(2,3)31(29,30)27-16-7-5-15(6-8-16)14-25-17-9-10-18(21(22,23)24)19(13-17)28-12-4-11-26-28/h4,9-13,15-16,25,27H,5-8,14H2,1-3H3/t15-,16-. The summed E-state index contributed by atoms with van der Waals surface area (Å²) >= 11 is 0. The Balaban J connectivity index is 1.60. The van der Waals surface area contributed by atoms with Crippen molar-refractivity contribution in [2.24, 2.45) is 5.92 Å². The van der Waals surface area contributed by atoms with Crippen molar-refractivity contribution in [3.8, 4) is 5.69 Å². The fraction of sp³-hybridized carbons (Fsp3) is 0.571. The predicted molar refractivity (Wildman–Crippen MR) is 115 cm³/mol. The van der Waals surface area contributed by atoms with Gasteiger partial charge in [-0.15, -0.1) is 0 Å². The van der Waals surface area contributed by atoms with E-state index in [-0.39, 0.29) is 11.7 Å². The zero-order valence-electron chi connectivity index (χ0n) is 17.9. The number of benzene rings is 1. The molecule has 1 saturated carbocycles. The van der Waals surface area contributed by atoms with E-state index in [1.54, 1.807) is 26.8 Å². The molecule has 6 nitrogen and oxygen atoms in total. The molecule has 2 aromatic rings. The Bertz CT molecular complexity index is 975. The van der Waals surface area contributed by atoms with Gasteiger partial charge >= 0.3 is 6.18 Å². The Hall–Kier alpha value is -2.07. The first kappa shape index (κ1) is 23.6. The molecule has 3 rings (SSSR count). The van der Waals surface area contributed by atoms with Crippen molar-refractivity contribution in [3.05, 3.63) is 42.2 Å². The number of anilines is 1. The van der Waals surface area contributed by atoms with Crippen molar-refractivity contribution in [1.29, 1.82) is 0 Å². The minimum atomic E-state index is -4.47. The molecule has 0 amide bonds. The number of alkyl halides is 3. The van der Waals surface area contributed by atoms with E-state index in [0.29, 0.717) is 18.2 Å². The van der Waals surface area contributed by atoms with Gasteiger partial charge in [0.1, 0.15) is 0 Å². The van der Waals surface area contributed by atoms with Crippen molar-refractivity contribution in [2.45, 2.75) is 63.4 Å². The maximum atomic E-state index is 13.4. The van der Waals surface area contributed by atoms with Crippen LogP contribution in [0.15, 0.2) is 36.7 Å². The summed E-state index contributed by atoms with van der Waals surface area (Å²) in [7, 11) is -3.38. The molecule has 0 bridgehead atoms. The van der Waals surface area contributed by atoms with E-state index >= 15 is 0 Å². The summed E-state index contributed by atoms with van der Waals surface area (Å²) < 4.78 is 67.9. The Morgan fingerprint density at radius 1 is 1.13 bits per heavy atom. The third kappa shape index (κ3) is 5.79. The molecule has 1 aliphatic carbocycles. The molecule has 0 aliphatic heterocycles. The van der Waals surface area contributed by atoms with Crippen molar-refractivity contribution < 1.29 is 21.6 Å². The van der Waals surface area contributed by atoms with Crippen molar-refractivity contribution >= 4 is 15.7 Å². The van der Waals surface area contributed by atoms with E-state index < -0.39 is 26.5 Å². The molecule has 1 fully saturated rings. The van der Waals surface area contributed by atoms with Gasteiger partial charge in [-0.3, -0.25) is 0 Å². The van der Waals surface area contributed by atoms with Gasteiger partial charge in [0, 0.05) is 30.7 Å². The molecular formula is C21H29F3N4O2S. The van der Waals surface area contributed by atoms with Crippen LogP contribution in [0.1, 0.15) is 52.0 Å². The first-order chi connectivity index (χ1) is 14.4. The van der Waals surface area contributed by atoms with Gasteiger partial charge in [-0.1, -0.05) is 0 Å². The number of nitrogens with one attached hydrogen (secondary N) is 2. The minimum Gasteiger partial charge on any atom is -0.385 e. The number of nitrogens with zero attached hydrogens (tertiary/aromatic N) is 2. The number of aromatic nitrogens is 2. The van der Waals surface area contributed by atoms with E-state index in [2.05, 4.69) is 15.1 Å². The Kier molecular flexibility index (Phi) is 6.71. The maximum absolute atomic E-state index is 13.4. The summed E-state index contributed by atoms with van der Waals surface area (Å²) in [6, 6.07) is 5.46. The second-order valence-corrected chi connectivity index (χ2v) is 11.5. The number of hydrogen-bond donors (Lipinski definition) is 2. The van der Waals surface area contributed by atoms with Gasteiger partial charge in [0.05, 0.1) is 16.0 Å². The normalized spacial score (nSPS) is 20.6. The lowest BCUT2D eigenvalue weighted by Crippen LogP contribution is -2.46. The lowest BCUT2D eigenvalue weighted by atomic mass is 9.86. The van der Waals surface area contributed by atoms with Gasteiger partial charge in [0.25, 0.3) is 0 Å². The number of sulfonamides is 1. The summed E-state index contributed by atoms with van der Waals surface area (Å²) in [5.41, 5.74) is -0.176. The third-order valence-electron chi connectivity index (χ3n) is 5.62. The molecule has 2 N–H and O–H groups in total. The van der Waals surface area contributed by atoms with Crippen LogP contribution >= 0.6 is 0 Å². The van der Waals surface area contributed by atoms with Gasteiger partial charge in [-0.25, -0.2) is 17.8 Å². The van der Waals surface area contributed by atoms with E-state index in [0.717, 1.165) is 31.7 Å². The van der Waals surface area contributed by atoms with Crippen LogP contribution in [-0.2, 0) is 16.2 Å². The van der Waals surface area contributed by atoms with E-state index in [4.69, 9.17) is 0 Å². The number of rotatable bonds is 6. The average molecular weight is 459 g/mol. The first-order valence-electron chi connectivity index (χ1n) is 10.3. The predicted octanol–water partition coefficient (Wildman–Crippen LogP) is 4.58. The summed E-state index contributed by atoms with van der Waals surface area (Å²) in [6.07, 6.45) is 1.62. The summed E-state index contributed by atoms with van der Waals surface area (Å²) in [4.78, 5) is 0. The molecule has 1 heterocycles. The smallest absolute Gasteiger partial charge is 0.385 e.